The number of amides is 1. The van der Waals surface area contributed by atoms with Gasteiger partial charge in [-0.25, -0.2) is 0 Å². The number of hydrogen-bond acceptors (Lipinski definition) is 4. The fourth-order valence-electron chi connectivity index (χ4n) is 3.06. The van der Waals surface area contributed by atoms with Crippen LogP contribution in [0.5, 0.6) is 0 Å². The molecular formula is C14H27N3O2. The molecule has 0 spiro atoms. The molecule has 3 N–H and O–H groups in total. The molecule has 1 heterocycles. The molecule has 1 amide bonds. The highest BCUT2D eigenvalue weighted by atomic mass is 16.5. The molecule has 0 aromatic heterocycles. The summed E-state index contributed by atoms with van der Waals surface area (Å²) in [4.78, 5) is 14.5. The van der Waals surface area contributed by atoms with E-state index in [1.165, 1.54) is 12.8 Å². The lowest BCUT2D eigenvalue weighted by Gasteiger charge is -2.40. The number of nitrogens with two attached hydrogens (primary N) is 1. The Morgan fingerprint density at radius 1 is 1.47 bits per heavy atom. The molecule has 110 valence electrons. The third kappa shape index (κ3) is 3.68. The summed E-state index contributed by atoms with van der Waals surface area (Å²) < 4.78 is 5.63. The Kier molecular flexibility index (Phi) is 5.19. The zero-order valence-electron chi connectivity index (χ0n) is 12.1. The van der Waals surface area contributed by atoms with Crippen molar-refractivity contribution in [1.29, 1.82) is 0 Å². The van der Waals surface area contributed by atoms with Gasteiger partial charge in [0.25, 0.3) is 0 Å². The van der Waals surface area contributed by atoms with Crippen LogP contribution in [-0.2, 0) is 9.53 Å². The van der Waals surface area contributed by atoms with Gasteiger partial charge in [0.2, 0.25) is 5.91 Å². The second-order valence-electron chi connectivity index (χ2n) is 5.90. The van der Waals surface area contributed by atoms with E-state index in [1.54, 1.807) is 0 Å². The van der Waals surface area contributed by atoms with Gasteiger partial charge in [-0.2, -0.15) is 0 Å². The quantitative estimate of drug-likeness (QED) is 0.779. The van der Waals surface area contributed by atoms with Crippen molar-refractivity contribution in [2.45, 2.75) is 63.8 Å². The van der Waals surface area contributed by atoms with Gasteiger partial charge in [-0.05, 0) is 26.7 Å². The van der Waals surface area contributed by atoms with E-state index in [2.05, 4.69) is 17.1 Å². The molecule has 3 unspecified atom stereocenters. The smallest absolute Gasteiger partial charge is 0.237 e. The summed E-state index contributed by atoms with van der Waals surface area (Å²) >= 11 is 0. The van der Waals surface area contributed by atoms with Gasteiger partial charge in [0.1, 0.15) is 0 Å². The van der Waals surface area contributed by atoms with E-state index in [9.17, 15) is 4.79 Å². The molecule has 0 aromatic rings. The predicted octanol–water partition coefficient (Wildman–Crippen LogP) is 0.482. The summed E-state index contributed by atoms with van der Waals surface area (Å²) in [5.74, 6) is 0.149. The highest BCUT2D eigenvalue weighted by Gasteiger charge is 2.32. The second kappa shape index (κ2) is 6.68. The second-order valence-corrected chi connectivity index (χ2v) is 5.90. The van der Waals surface area contributed by atoms with Gasteiger partial charge in [0.15, 0.2) is 0 Å². The molecule has 2 rings (SSSR count). The average molecular weight is 269 g/mol. The van der Waals surface area contributed by atoms with Crippen molar-refractivity contribution in [2.24, 2.45) is 5.73 Å². The summed E-state index contributed by atoms with van der Waals surface area (Å²) in [5, 5.41) is 3.18. The van der Waals surface area contributed by atoms with Gasteiger partial charge in [-0.1, -0.05) is 12.8 Å². The van der Waals surface area contributed by atoms with Crippen LogP contribution >= 0.6 is 0 Å². The molecule has 0 radical (unpaired) electrons. The standard InChI is InChI=1S/C14H27N3O2/c1-10-9-19-13(7-15)8-17(10)11(2)14(18)16-12-5-3-4-6-12/h10-13H,3-9,15H2,1-2H3,(H,16,18). The van der Waals surface area contributed by atoms with Gasteiger partial charge < -0.3 is 15.8 Å². The normalized spacial score (nSPS) is 31.3. The summed E-state index contributed by atoms with van der Waals surface area (Å²) in [7, 11) is 0. The molecule has 5 heteroatoms. The average Bonchev–Trinajstić information content (AvgIpc) is 2.91. The van der Waals surface area contributed by atoms with Crippen LogP contribution in [0.15, 0.2) is 0 Å². The summed E-state index contributed by atoms with van der Waals surface area (Å²) in [5.41, 5.74) is 5.67. The molecule has 1 saturated carbocycles. The minimum absolute atomic E-state index is 0.0536. The van der Waals surface area contributed by atoms with Crippen LogP contribution < -0.4 is 11.1 Å². The SMILES string of the molecule is CC1COC(CN)CN1C(C)C(=O)NC1CCCC1. The molecule has 2 fully saturated rings. The largest absolute Gasteiger partial charge is 0.374 e. The van der Waals surface area contributed by atoms with E-state index in [-0.39, 0.29) is 24.1 Å². The van der Waals surface area contributed by atoms with Gasteiger partial charge >= 0.3 is 0 Å². The van der Waals surface area contributed by atoms with Crippen LogP contribution in [0, 0.1) is 0 Å². The van der Waals surface area contributed by atoms with Crippen molar-refractivity contribution in [3.8, 4) is 0 Å². The van der Waals surface area contributed by atoms with Gasteiger partial charge in [-0.3, -0.25) is 9.69 Å². The topological polar surface area (TPSA) is 67.6 Å². The fraction of sp³-hybridized carbons (Fsp3) is 0.929. The molecule has 2 aliphatic rings. The Hall–Kier alpha value is -0.650. The predicted molar refractivity (Wildman–Crippen MR) is 74.8 cm³/mol. The van der Waals surface area contributed by atoms with Crippen LogP contribution in [0.25, 0.3) is 0 Å². The van der Waals surface area contributed by atoms with E-state index in [0.717, 1.165) is 19.4 Å². The number of nitrogens with zero attached hydrogens (tertiary/aromatic N) is 1. The first-order chi connectivity index (χ1) is 9.11. The highest BCUT2D eigenvalue weighted by Crippen LogP contribution is 2.19. The molecule has 19 heavy (non-hydrogen) atoms. The lowest BCUT2D eigenvalue weighted by Crippen LogP contribution is -2.58. The van der Waals surface area contributed by atoms with Gasteiger partial charge in [0, 0.05) is 25.2 Å². The molecule has 1 saturated heterocycles. The zero-order chi connectivity index (χ0) is 13.8. The number of carbonyl (C=O) groups excluding carboxylic acids is 1. The zero-order valence-corrected chi connectivity index (χ0v) is 12.1. The Labute approximate surface area is 115 Å². The van der Waals surface area contributed by atoms with E-state index in [1.807, 2.05) is 6.92 Å². The highest BCUT2D eigenvalue weighted by molar-refractivity contribution is 5.81. The molecule has 3 atom stereocenters. The molecule has 0 bridgehead atoms. The summed E-state index contributed by atoms with van der Waals surface area (Å²) in [6, 6.07) is 0.553. The Morgan fingerprint density at radius 3 is 2.79 bits per heavy atom. The molecule has 1 aliphatic carbocycles. The van der Waals surface area contributed by atoms with Crippen molar-refractivity contribution in [3.63, 3.8) is 0 Å². The first kappa shape index (κ1) is 14.8. The Bertz CT molecular complexity index is 305. The van der Waals surface area contributed by atoms with Crippen molar-refractivity contribution < 1.29 is 9.53 Å². The third-order valence-electron chi connectivity index (χ3n) is 4.40. The van der Waals surface area contributed by atoms with Crippen LogP contribution in [0.4, 0.5) is 0 Å². The summed E-state index contributed by atoms with van der Waals surface area (Å²) in [6.45, 7) is 6.01. The van der Waals surface area contributed by atoms with E-state index < -0.39 is 0 Å². The van der Waals surface area contributed by atoms with Gasteiger partial charge in [-0.15, -0.1) is 0 Å². The molecular weight excluding hydrogens is 242 g/mol. The maximum atomic E-state index is 12.3. The number of nitrogens with one attached hydrogen (secondary N) is 1. The molecule has 5 nitrogen and oxygen atoms in total. The lowest BCUT2D eigenvalue weighted by molar-refractivity contribution is -0.132. The number of morpholine rings is 1. The number of carbonyl (C=O) groups is 1. The van der Waals surface area contributed by atoms with Crippen molar-refractivity contribution >= 4 is 5.91 Å². The number of hydrogen-bond donors (Lipinski definition) is 2. The monoisotopic (exact) mass is 269 g/mol. The van der Waals surface area contributed by atoms with Crippen molar-refractivity contribution in [3.05, 3.63) is 0 Å². The third-order valence-corrected chi connectivity index (χ3v) is 4.40. The van der Waals surface area contributed by atoms with Crippen LogP contribution in [0.2, 0.25) is 0 Å². The summed E-state index contributed by atoms with van der Waals surface area (Å²) in [6.07, 6.45) is 4.79. The number of rotatable bonds is 4. The first-order valence-corrected chi connectivity index (χ1v) is 7.49. The number of ether oxygens (including phenoxy) is 1. The van der Waals surface area contributed by atoms with E-state index in [0.29, 0.717) is 19.2 Å². The van der Waals surface area contributed by atoms with E-state index >= 15 is 0 Å². The van der Waals surface area contributed by atoms with Crippen LogP contribution in [0.1, 0.15) is 39.5 Å². The maximum absolute atomic E-state index is 12.3. The molecule has 0 aromatic carbocycles. The first-order valence-electron chi connectivity index (χ1n) is 7.49. The van der Waals surface area contributed by atoms with E-state index in [4.69, 9.17) is 10.5 Å². The minimum atomic E-state index is -0.103. The van der Waals surface area contributed by atoms with Gasteiger partial charge in [0.05, 0.1) is 18.8 Å². The van der Waals surface area contributed by atoms with Crippen molar-refractivity contribution in [2.75, 3.05) is 19.7 Å². The lowest BCUT2D eigenvalue weighted by atomic mass is 10.1. The van der Waals surface area contributed by atoms with Crippen molar-refractivity contribution in [1.82, 2.24) is 10.2 Å². The molecule has 1 aliphatic heterocycles. The minimum Gasteiger partial charge on any atom is -0.374 e. The maximum Gasteiger partial charge on any atom is 0.237 e. The van der Waals surface area contributed by atoms with Crippen LogP contribution in [-0.4, -0.2) is 54.7 Å². The Morgan fingerprint density at radius 2 is 2.16 bits per heavy atom. The fourth-order valence-corrected chi connectivity index (χ4v) is 3.06. The van der Waals surface area contributed by atoms with Crippen LogP contribution in [0.3, 0.4) is 0 Å². The Balaban J connectivity index is 1.88.